The molecule has 0 N–H and O–H groups in total. The van der Waals surface area contributed by atoms with Gasteiger partial charge in [-0.3, -0.25) is 0 Å². The van der Waals surface area contributed by atoms with Crippen molar-refractivity contribution in [3.05, 3.63) is 71.3 Å². The lowest BCUT2D eigenvalue weighted by atomic mass is 9.85. The molecule has 0 saturated heterocycles. The molecular formula is C25H26BrNO5. The minimum Gasteiger partial charge on any atom is -0.466 e. The molecule has 0 radical (unpaired) electrons. The normalized spacial score (nSPS) is 19.6. The van der Waals surface area contributed by atoms with E-state index in [2.05, 4.69) is 20.9 Å². The van der Waals surface area contributed by atoms with Gasteiger partial charge < -0.3 is 14.2 Å². The lowest BCUT2D eigenvalue weighted by Gasteiger charge is -2.29. The molecule has 1 aliphatic rings. The maximum Gasteiger partial charge on any atom is 0.344 e. The molecule has 1 unspecified atom stereocenters. The Morgan fingerprint density at radius 1 is 0.938 bits per heavy atom. The Morgan fingerprint density at radius 2 is 1.50 bits per heavy atom. The van der Waals surface area contributed by atoms with Crippen molar-refractivity contribution in [3.63, 3.8) is 0 Å². The summed E-state index contributed by atoms with van der Waals surface area (Å²) in [7, 11) is 2.52. The number of esters is 2. The number of methoxy groups -OCH3 is 2. The summed E-state index contributed by atoms with van der Waals surface area (Å²) in [6, 6.07) is 17.6. The van der Waals surface area contributed by atoms with Gasteiger partial charge in [0.25, 0.3) is 0 Å². The zero-order chi connectivity index (χ0) is 23.5. The van der Waals surface area contributed by atoms with Crippen LogP contribution in [0.3, 0.4) is 0 Å². The number of carbonyl (C=O) groups is 2. The van der Waals surface area contributed by atoms with Gasteiger partial charge in [0.1, 0.15) is 11.1 Å². The van der Waals surface area contributed by atoms with Crippen molar-refractivity contribution in [1.82, 2.24) is 0 Å². The van der Waals surface area contributed by atoms with Crippen LogP contribution in [0.4, 0.5) is 0 Å². The van der Waals surface area contributed by atoms with E-state index in [-0.39, 0.29) is 22.4 Å². The van der Waals surface area contributed by atoms with Crippen LogP contribution in [0.1, 0.15) is 26.3 Å². The first-order valence-electron chi connectivity index (χ1n) is 10.1. The molecule has 32 heavy (non-hydrogen) atoms. The summed E-state index contributed by atoms with van der Waals surface area (Å²) in [5, 5.41) is 0.193. The number of halogens is 1. The third kappa shape index (κ3) is 4.48. The number of rotatable bonds is 5. The van der Waals surface area contributed by atoms with Gasteiger partial charge in [-0.2, -0.15) is 0 Å². The zero-order valence-electron chi connectivity index (χ0n) is 18.8. The van der Waals surface area contributed by atoms with Crippen molar-refractivity contribution in [2.75, 3.05) is 19.5 Å². The third-order valence-electron chi connectivity index (χ3n) is 5.00. The van der Waals surface area contributed by atoms with Crippen molar-refractivity contribution >= 4 is 33.8 Å². The molecule has 0 saturated carbocycles. The largest absolute Gasteiger partial charge is 0.466 e. The second-order valence-corrected chi connectivity index (χ2v) is 8.89. The van der Waals surface area contributed by atoms with E-state index in [1.807, 2.05) is 75.4 Å². The lowest BCUT2D eigenvalue weighted by molar-refractivity contribution is -0.139. The second kappa shape index (κ2) is 9.28. The molecule has 6 nitrogen and oxygen atoms in total. The number of aliphatic imine (C=N–C) groups is 1. The minimum atomic E-state index is -1.31. The van der Waals surface area contributed by atoms with Gasteiger partial charge in [-0.25, -0.2) is 14.6 Å². The first-order chi connectivity index (χ1) is 15.2. The average molecular weight is 500 g/mol. The molecule has 1 atom stereocenters. The molecule has 2 aromatic rings. The minimum absolute atomic E-state index is 0.0270. The number of ether oxygens (including phenoxy) is 3. The Hall–Kier alpha value is -2.93. The van der Waals surface area contributed by atoms with Gasteiger partial charge in [-0.05, 0) is 31.9 Å². The van der Waals surface area contributed by atoms with E-state index in [9.17, 15) is 9.59 Å². The van der Waals surface area contributed by atoms with E-state index in [0.717, 1.165) is 11.1 Å². The summed E-state index contributed by atoms with van der Waals surface area (Å²) in [4.78, 5) is 30.3. The van der Waals surface area contributed by atoms with Gasteiger partial charge in [0.05, 0.1) is 25.1 Å². The fraction of sp³-hybridized carbons (Fsp3) is 0.320. The first-order valence-corrected chi connectivity index (χ1v) is 11.2. The van der Waals surface area contributed by atoms with Gasteiger partial charge in [-0.1, -0.05) is 70.5 Å². The van der Waals surface area contributed by atoms with E-state index in [1.54, 1.807) is 0 Å². The molecule has 0 aromatic heterocycles. The first kappa shape index (κ1) is 23.7. The van der Waals surface area contributed by atoms with Crippen LogP contribution >= 0.6 is 15.9 Å². The van der Waals surface area contributed by atoms with Gasteiger partial charge in [0, 0.05) is 5.56 Å². The number of nitrogens with zero attached hydrogens (tertiary/aromatic N) is 1. The number of hydrogen-bond donors (Lipinski definition) is 0. The fourth-order valence-electron chi connectivity index (χ4n) is 3.56. The quantitative estimate of drug-likeness (QED) is 0.435. The van der Waals surface area contributed by atoms with E-state index < -0.39 is 23.1 Å². The molecule has 0 spiro atoms. The van der Waals surface area contributed by atoms with Crippen LogP contribution in [0.2, 0.25) is 0 Å². The summed E-state index contributed by atoms with van der Waals surface area (Å²) < 4.78 is 16.3. The predicted molar refractivity (Wildman–Crippen MR) is 127 cm³/mol. The van der Waals surface area contributed by atoms with Crippen molar-refractivity contribution in [2.45, 2.75) is 31.9 Å². The monoisotopic (exact) mass is 499 g/mol. The highest BCUT2D eigenvalue weighted by Crippen LogP contribution is 2.45. The van der Waals surface area contributed by atoms with Crippen LogP contribution in [0.25, 0.3) is 11.1 Å². The number of hydrogen-bond acceptors (Lipinski definition) is 6. The highest BCUT2D eigenvalue weighted by molar-refractivity contribution is 9.09. The average Bonchev–Trinajstić information content (AvgIpc) is 3.12. The molecule has 3 rings (SSSR count). The molecule has 0 fully saturated rings. The molecule has 1 heterocycles. The van der Waals surface area contributed by atoms with Crippen LogP contribution < -0.4 is 0 Å². The topological polar surface area (TPSA) is 74.2 Å². The molecule has 168 valence electrons. The Labute approximate surface area is 196 Å². The molecule has 1 aliphatic heterocycles. The molecular weight excluding hydrogens is 474 g/mol. The smallest absolute Gasteiger partial charge is 0.344 e. The molecule has 7 heteroatoms. The van der Waals surface area contributed by atoms with E-state index in [4.69, 9.17) is 14.2 Å². The van der Waals surface area contributed by atoms with Crippen LogP contribution in [0.5, 0.6) is 0 Å². The van der Waals surface area contributed by atoms with Crippen molar-refractivity contribution in [3.8, 4) is 11.1 Å². The van der Waals surface area contributed by atoms with Crippen molar-refractivity contribution < 1.29 is 23.8 Å². The number of alkyl halides is 1. The number of carbonyl (C=O) groups excluding carboxylic acids is 2. The SMILES string of the molecule is COC(=O)C1=C(C(=O)OC)C(CBr)(c2ccc(-c3ccccc3)cc2)OC1=NC(C)(C)C. The Balaban J connectivity index is 2.23. The van der Waals surface area contributed by atoms with E-state index in [1.165, 1.54) is 14.2 Å². The molecule has 0 amide bonds. The number of benzene rings is 2. The third-order valence-corrected chi connectivity index (χ3v) is 5.79. The van der Waals surface area contributed by atoms with Crippen LogP contribution in [0, 0.1) is 0 Å². The predicted octanol–water partition coefficient (Wildman–Crippen LogP) is 4.81. The maximum absolute atomic E-state index is 12.9. The molecule has 2 aromatic carbocycles. The highest BCUT2D eigenvalue weighted by Gasteiger charge is 2.53. The summed E-state index contributed by atoms with van der Waals surface area (Å²) in [6.07, 6.45) is 0. The summed E-state index contributed by atoms with van der Waals surface area (Å²) in [6.45, 7) is 5.62. The van der Waals surface area contributed by atoms with Gasteiger partial charge >= 0.3 is 11.9 Å². The zero-order valence-corrected chi connectivity index (χ0v) is 20.4. The van der Waals surface area contributed by atoms with Crippen molar-refractivity contribution in [1.29, 1.82) is 0 Å². The molecule has 0 bridgehead atoms. The molecule has 0 aliphatic carbocycles. The van der Waals surface area contributed by atoms with Gasteiger partial charge in [0.15, 0.2) is 5.60 Å². The lowest BCUT2D eigenvalue weighted by Crippen LogP contribution is -2.35. The highest BCUT2D eigenvalue weighted by atomic mass is 79.9. The van der Waals surface area contributed by atoms with Gasteiger partial charge in [0.2, 0.25) is 5.90 Å². The Morgan fingerprint density at radius 3 is 2.00 bits per heavy atom. The van der Waals surface area contributed by atoms with Gasteiger partial charge in [-0.15, -0.1) is 0 Å². The Bertz CT molecular complexity index is 1070. The summed E-state index contributed by atoms with van der Waals surface area (Å²) in [5.74, 6) is -1.34. The second-order valence-electron chi connectivity index (χ2n) is 8.33. The Kier molecular flexibility index (Phi) is 6.88. The summed E-state index contributed by atoms with van der Waals surface area (Å²) in [5.41, 5.74) is 0.909. The van der Waals surface area contributed by atoms with Crippen LogP contribution in [-0.2, 0) is 29.4 Å². The van der Waals surface area contributed by atoms with Crippen LogP contribution in [0.15, 0.2) is 70.7 Å². The maximum atomic E-state index is 12.9. The fourth-order valence-corrected chi connectivity index (χ4v) is 4.28. The van der Waals surface area contributed by atoms with Crippen molar-refractivity contribution in [2.24, 2.45) is 4.99 Å². The summed E-state index contributed by atoms with van der Waals surface area (Å²) >= 11 is 3.50. The van der Waals surface area contributed by atoms with E-state index >= 15 is 0 Å². The standard InChI is InChI=1S/C25H26BrNO5/c1-24(2,3)27-21-19(22(28)30-4)20(23(29)31-5)25(15-26,32-21)18-13-11-17(12-14-18)16-9-7-6-8-10-16/h6-14H,15H2,1-5H3. The van der Waals surface area contributed by atoms with E-state index in [0.29, 0.717) is 5.56 Å². The van der Waals surface area contributed by atoms with Crippen LogP contribution in [-0.4, -0.2) is 42.9 Å².